The summed E-state index contributed by atoms with van der Waals surface area (Å²) in [6.45, 7) is 6.45. The molecule has 0 atom stereocenters. The Bertz CT molecular complexity index is 403. The molecule has 1 aliphatic rings. The van der Waals surface area contributed by atoms with Crippen LogP contribution in [0.2, 0.25) is 0 Å². The van der Waals surface area contributed by atoms with E-state index in [9.17, 15) is 4.79 Å². The molecule has 1 aliphatic heterocycles. The van der Waals surface area contributed by atoms with Gasteiger partial charge < -0.3 is 10.6 Å². The van der Waals surface area contributed by atoms with Crippen LogP contribution in [0.5, 0.6) is 0 Å². The maximum absolute atomic E-state index is 12.0. The van der Waals surface area contributed by atoms with E-state index in [-0.39, 0.29) is 18.3 Å². The first-order valence-corrected chi connectivity index (χ1v) is 6.54. The number of nitrogens with one attached hydrogen (secondary N) is 2. The molecule has 1 aromatic rings. The Balaban J connectivity index is 0.00000180. The summed E-state index contributed by atoms with van der Waals surface area (Å²) in [6, 6.07) is 7.87. The standard InChI is InChI=1S/C14H21N3O.ClH/c1-12-5-2-3-6-13(12)16-14(18)11-17-9-4-7-15-8-10-17;/h2-3,5-6,15H,4,7-11H2,1H3,(H,16,18);1H. The van der Waals surface area contributed by atoms with Crippen LogP contribution < -0.4 is 10.6 Å². The van der Waals surface area contributed by atoms with E-state index in [0.29, 0.717) is 6.54 Å². The van der Waals surface area contributed by atoms with Gasteiger partial charge in [-0.3, -0.25) is 9.69 Å². The lowest BCUT2D eigenvalue weighted by atomic mass is 10.2. The van der Waals surface area contributed by atoms with Crippen molar-refractivity contribution in [2.75, 3.05) is 38.0 Å². The third-order valence-electron chi connectivity index (χ3n) is 3.22. The summed E-state index contributed by atoms with van der Waals surface area (Å²) in [4.78, 5) is 14.2. The average molecular weight is 284 g/mol. The number of carbonyl (C=O) groups excluding carboxylic acids is 1. The SMILES string of the molecule is Cc1ccccc1NC(=O)CN1CCCNCC1.Cl. The zero-order valence-corrected chi connectivity index (χ0v) is 12.1. The minimum absolute atomic E-state index is 0. The molecule has 1 heterocycles. The monoisotopic (exact) mass is 283 g/mol. The minimum Gasteiger partial charge on any atom is -0.325 e. The van der Waals surface area contributed by atoms with Gasteiger partial charge in [-0.2, -0.15) is 0 Å². The predicted molar refractivity (Wildman–Crippen MR) is 81.0 cm³/mol. The summed E-state index contributed by atoms with van der Waals surface area (Å²) >= 11 is 0. The molecule has 5 heteroatoms. The first kappa shape index (κ1) is 16.0. The Kier molecular flexibility index (Phi) is 6.84. The van der Waals surface area contributed by atoms with Crippen molar-refractivity contribution in [3.8, 4) is 0 Å². The van der Waals surface area contributed by atoms with E-state index in [1.165, 1.54) is 0 Å². The summed E-state index contributed by atoms with van der Waals surface area (Å²) in [5.41, 5.74) is 2.01. The molecular weight excluding hydrogens is 262 g/mol. The van der Waals surface area contributed by atoms with Crippen LogP contribution in [0.1, 0.15) is 12.0 Å². The van der Waals surface area contributed by atoms with Crippen molar-refractivity contribution >= 4 is 24.0 Å². The normalized spacial score (nSPS) is 16.3. The molecule has 0 aliphatic carbocycles. The molecule has 4 nitrogen and oxygen atoms in total. The van der Waals surface area contributed by atoms with Crippen LogP contribution in [0.15, 0.2) is 24.3 Å². The van der Waals surface area contributed by atoms with E-state index >= 15 is 0 Å². The number of carbonyl (C=O) groups is 1. The second-order valence-corrected chi connectivity index (χ2v) is 4.74. The van der Waals surface area contributed by atoms with Crippen LogP contribution in [-0.4, -0.2) is 43.5 Å². The van der Waals surface area contributed by atoms with Gasteiger partial charge in [-0.05, 0) is 38.1 Å². The van der Waals surface area contributed by atoms with Gasteiger partial charge in [0.1, 0.15) is 0 Å². The van der Waals surface area contributed by atoms with E-state index in [1.54, 1.807) is 0 Å². The second kappa shape index (κ2) is 8.15. The highest BCUT2D eigenvalue weighted by Gasteiger charge is 2.13. The maximum atomic E-state index is 12.0. The van der Waals surface area contributed by atoms with Crippen molar-refractivity contribution in [2.24, 2.45) is 0 Å². The Labute approximate surface area is 121 Å². The van der Waals surface area contributed by atoms with Crippen LogP contribution in [-0.2, 0) is 4.79 Å². The predicted octanol–water partition coefficient (Wildman–Crippen LogP) is 1.65. The number of aryl methyl sites for hydroxylation is 1. The zero-order chi connectivity index (χ0) is 12.8. The molecule has 2 N–H and O–H groups in total. The molecule has 0 radical (unpaired) electrons. The van der Waals surface area contributed by atoms with Crippen LogP contribution in [0.3, 0.4) is 0 Å². The Morgan fingerprint density at radius 2 is 2.11 bits per heavy atom. The first-order chi connectivity index (χ1) is 8.75. The van der Waals surface area contributed by atoms with Crippen molar-refractivity contribution in [1.82, 2.24) is 10.2 Å². The molecule has 0 spiro atoms. The minimum atomic E-state index is 0. The van der Waals surface area contributed by atoms with Gasteiger partial charge in [0.05, 0.1) is 6.54 Å². The molecule has 2 rings (SSSR count). The fourth-order valence-electron chi connectivity index (χ4n) is 2.17. The Morgan fingerprint density at radius 3 is 2.89 bits per heavy atom. The van der Waals surface area contributed by atoms with Crippen molar-refractivity contribution in [2.45, 2.75) is 13.3 Å². The third kappa shape index (κ3) is 5.19. The van der Waals surface area contributed by atoms with Crippen LogP contribution in [0.25, 0.3) is 0 Å². The van der Waals surface area contributed by atoms with E-state index in [1.807, 2.05) is 31.2 Å². The summed E-state index contributed by atoms with van der Waals surface area (Å²) in [6.07, 6.45) is 1.11. The highest BCUT2D eigenvalue weighted by atomic mass is 35.5. The van der Waals surface area contributed by atoms with Gasteiger partial charge in [-0.15, -0.1) is 12.4 Å². The van der Waals surface area contributed by atoms with Crippen molar-refractivity contribution < 1.29 is 4.79 Å². The van der Waals surface area contributed by atoms with Gasteiger partial charge >= 0.3 is 0 Å². The number of amides is 1. The fourth-order valence-corrected chi connectivity index (χ4v) is 2.17. The van der Waals surface area contributed by atoms with E-state index in [4.69, 9.17) is 0 Å². The summed E-state index contributed by atoms with van der Waals surface area (Å²) in [5.74, 6) is 0.0752. The molecule has 1 fully saturated rings. The van der Waals surface area contributed by atoms with Gasteiger partial charge in [0, 0.05) is 18.8 Å². The molecule has 1 aromatic carbocycles. The smallest absolute Gasteiger partial charge is 0.238 e. The zero-order valence-electron chi connectivity index (χ0n) is 11.3. The van der Waals surface area contributed by atoms with Crippen molar-refractivity contribution in [1.29, 1.82) is 0 Å². The van der Waals surface area contributed by atoms with Gasteiger partial charge in [0.15, 0.2) is 0 Å². The lowest BCUT2D eigenvalue weighted by molar-refractivity contribution is -0.117. The highest BCUT2D eigenvalue weighted by Crippen LogP contribution is 2.12. The molecule has 0 aromatic heterocycles. The first-order valence-electron chi connectivity index (χ1n) is 6.54. The van der Waals surface area contributed by atoms with Gasteiger partial charge in [-0.1, -0.05) is 18.2 Å². The van der Waals surface area contributed by atoms with Crippen molar-refractivity contribution in [3.63, 3.8) is 0 Å². The van der Waals surface area contributed by atoms with Crippen molar-refractivity contribution in [3.05, 3.63) is 29.8 Å². The van der Waals surface area contributed by atoms with E-state index in [2.05, 4.69) is 15.5 Å². The highest BCUT2D eigenvalue weighted by molar-refractivity contribution is 5.92. The lowest BCUT2D eigenvalue weighted by Crippen LogP contribution is -2.35. The summed E-state index contributed by atoms with van der Waals surface area (Å²) in [5, 5.41) is 6.31. The van der Waals surface area contributed by atoms with Crippen LogP contribution in [0.4, 0.5) is 5.69 Å². The number of anilines is 1. The molecule has 106 valence electrons. The summed E-state index contributed by atoms with van der Waals surface area (Å²) in [7, 11) is 0. The number of benzene rings is 1. The number of hydrogen-bond donors (Lipinski definition) is 2. The van der Waals surface area contributed by atoms with Gasteiger partial charge in [0.25, 0.3) is 0 Å². The van der Waals surface area contributed by atoms with Crippen LogP contribution in [0, 0.1) is 6.92 Å². The molecular formula is C14H22ClN3O. The number of rotatable bonds is 3. The molecule has 1 saturated heterocycles. The largest absolute Gasteiger partial charge is 0.325 e. The topological polar surface area (TPSA) is 44.4 Å². The Hall–Kier alpha value is -1.10. The third-order valence-corrected chi connectivity index (χ3v) is 3.22. The molecule has 0 saturated carbocycles. The fraction of sp³-hybridized carbons (Fsp3) is 0.500. The van der Waals surface area contributed by atoms with E-state index in [0.717, 1.165) is 43.9 Å². The Morgan fingerprint density at radius 1 is 1.32 bits per heavy atom. The lowest BCUT2D eigenvalue weighted by Gasteiger charge is -2.19. The number of hydrogen-bond acceptors (Lipinski definition) is 3. The number of halogens is 1. The number of para-hydroxylation sites is 1. The molecule has 1 amide bonds. The van der Waals surface area contributed by atoms with Gasteiger partial charge in [0.2, 0.25) is 5.91 Å². The quantitative estimate of drug-likeness (QED) is 0.887. The average Bonchev–Trinajstić information content (AvgIpc) is 2.61. The van der Waals surface area contributed by atoms with Gasteiger partial charge in [-0.25, -0.2) is 0 Å². The second-order valence-electron chi connectivity index (χ2n) is 4.74. The number of nitrogens with zero attached hydrogens (tertiary/aromatic N) is 1. The molecule has 0 unspecified atom stereocenters. The summed E-state index contributed by atoms with van der Waals surface area (Å²) < 4.78 is 0. The van der Waals surface area contributed by atoms with Crippen LogP contribution >= 0.6 is 12.4 Å². The maximum Gasteiger partial charge on any atom is 0.238 e. The molecule has 19 heavy (non-hydrogen) atoms. The van der Waals surface area contributed by atoms with E-state index < -0.39 is 0 Å². The molecule has 0 bridgehead atoms.